The number of fused-ring (bicyclic) bond motifs is 10. The Labute approximate surface area is 278 Å². The zero-order valence-electron chi connectivity index (χ0n) is 26.5. The first-order valence-corrected chi connectivity index (χ1v) is 16.1. The fourth-order valence-electron chi connectivity index (χ4n) is 7.82. The minimum absolute atomic E-state index is 0.0896. The molecule has 0 fully saturated rings. The van der Waals surface area contributed by atoms with E-state index in [1.165, 1.54) is 24.2 Å². The maximum atomic E-state index is 14.9. The molecule has 0 atom stereocenters. The summed E-state index contributed by atoms with van der Waals surface area (Å²) in [6.07, 6.45) is 4.46. The van der Waals surface area contributed by atoms with Gasteiger partial charge in [-0.15, -0.1) is 0 Å². The van der Waals surface area contributed by atoms with Gasteiger partial charge in [0.05, 0.1) is 22.6 Å². The van der Waals surface area contributed by atoms with Crippen LogP contribution in [0.25, 0.3) is 77.3 Å². The molecule has 5 aromatic carbocycles. The fraction of sp³-hybridized carbons (Fsp3) is 0.0732. The van der Waals surface area contributed by atoms with Crippen molar-refractivity contribution >= 4 is 54.6 Å². The molecule has 0 N–H and O–H groups in total. The minimum atomic E-state index is -0.486. The van der Waals surface area contributed by atoms with E-state index >= 15 is 0 Å². The molecule has 4 aromatic heterocycles. The van der Waals surface area contributed by atoms with Crippen molar-refractivity contribution < 1.29 is 0 Å². The van der Waals surface area contributed by atoms with Crippen LogP contribution in [0.3, 0.4) is 0 Å². The van der Waals surface area contributed by atoms with Crippen molar-refractivity contribution in [2.45, 2.75) is 19.3 Å². The van der Waals surface area contributed by atoms with Crippen LogP contribution in [0.1, 0.15) is 25.0 Å². The first kappa shape index (κ1) is 27.6. The Hall–Kier alpha value is -6.54. The van der Waals surface area contributed by atoms with Gasteiger partial charge < -0.3 is 4.57 Å². The highest BCUT2D eigenvalue weighted by Gasteiger charge is 2.36. The maximum Gasteiger partial charge on any atom is 0.267 e. The van der Waals surface area contributed by atoms with Crippen LogP contribution in [-0.2, 0) is 5.41 Å². The van der Waals surface area contributed by atoms with Crippen LogP contribution >= 0.6 is 0 Å². The van der Waals surface area contributed by atoms with E-state index in [1.807, 2.05) is 48.5 Å². The molecule has 0 bridgehead atoms. The summed E-state index contributed by atoms with van der Waals surface area (Å²) in [5.41, 5.74) is 6.54. The molecule has 9 aromatic rings. The molecule has 0 radical (unpaired) electrons. The number of hydrogen-bond donors (Lipinski definition) is 0. The Bertz CT molecular complexity index is 3020. The van der Waals surface area contributed by atoms with Crippen molar-refractivity contribution in [3.8, 4) is 22.6 Å². The lowest BCUT2D eigenvalue weighted by Gasteiger charge is -2.21. The lowest BCUT2D eigenvalue weighted by molar-refractivity contribution is 0.661. The lowest BCUT2D eigenvalue weighted by atomic mass is 9.82. The highest BCUT2D eigenvalue weighted by atomic mass is 16.2. The van der Waals surface area contributed by atoms with Crippen molar-refractivity contribution in [2.75, 3.05) is 0 Å². The maximum absolute atomic E-state index is 14.9. The monoisotopic (exact) mass is 634 g/mol. The van der Waals surface area contributed by atoms with Gasteiger partial charge in [-0.3, -0.25) is 9.59 Å². The Morgan fingerprint density at radius 2 is 1.22 bits per heavy atom. The van der Waals surface area contributed by atoms with Gasteiger partial charge in [0.1, 0.15) is 0 Å². The summed E-state index contributed by atoms with van der Waals surface area (Å²) in [5, 5.41) is 4.27. The summed E-state index contributed by atoms with van der Waals surface area (Å²) in [5.74, 6) is 0.0896. The first-order valence-electron chi connectivity index (χ1n) is 16.1. The van der Waals surface area contributed by atoms with Crippen molar-refractivity contribution in [1.82, 2.24) is 29.1 Å². The summed E-state index contributed by atoms with van der Waals surface area (Å²) in [7, 11) is 0. The van der Waals surface area contributed by atoms with Crippen molar-refractivity contribution in [1.29, 1.82) is 0 Å². The molecule has 49 heavy (non-hydrogen) atoms. The van der Waals surface area contributed by atoms with E-state index in [1.54, 1.807) is 0 Å². The topological polar surface area (TPSA) is 95.6 Å². The number of rotatable bonds is 2. The highest BCUT2D eigenvalue weighted by Crippen LogP contribution is 2.50. The molecule has 8 nitrogen and oxygen atoms in total. The molecule has 0 amide bonds. The van der Waals surface area contributed by atoms with E-state index in [-0.39, 0.29) is 16.9 Å². The Balaban J connectivity index is 1.43. The van der Waals surface area contributed by atoms with Crippen LogP contribution in [0.15, 0.2) is 131 Å². The molecule has 0 saturated carbocycles. The standard InChI is InChI=1S/C41H26N6O2/c1-41(2)32-14-8-6-12-24(32)28-19-30-27(20-33(28)41)26-18-29-25-13-7-9-15-34(25)46(23-10-4-3-5-11-23)35(29)21-31(26)40(49)47(39(30)48)36-22-44-37-38(45-36)43-17-16-42-37/h3-22H,1-2H3. The number of hydrogen-bond acceptors (Lipinski definition) is 6. The molecule has 1 aliphatic carbocycles. The van der Waals surface area contributed by atoms with Gasteiger partial charge in [-0.05, 0) is 75.5 Å². The molecule has 8 heteroatoms. The zero-order chi connectivity index (χ0) is 33.0. The summed E-state index contributed by atoms with van der Waals surface area (Å²) in [6.45, 7) is 4.42. The third-order valence-electron chi connectivity index (χ3n) is 10.1. The molecular formula is C41H26N6O2. The molecule has 0 unspecified atom stereocenters. The van der Waals surface area contributed by atoms with E-state index in [0.717, 1.165) is 48.8 Å². The number of benzene rings is 5. The smallest absolute Gasteiger partial charge is 0.267 e. The molecule has 10 rings (SSSR count). The van der Waals surface area contributed by atoms with Gasteiger partial charge in [-0.25, -0.2) is 24.5 Å². The number of para-hydroxylation sites is 2. The Morgan fingerprint density at radius 3 is 2.06 bits per heavy atom. The van der Waals surface area contributed by atoms with Gasteiger partial charge in [-0.2, -0.15) is 0 Å². The molecule has 0 aliphatic heterocycles. The van der Waals surface area contributed by atoms with Gasteiger partial charge >= 0.3 is 0 Å². The molecule has 1 aliphatic rings. The normalized spacial score (nSPS) is 13.4. The van der Waals surface area contributed by atoms with Gasteiger partial charge in [0, 0.05) is 39.7 Å². The van der Waals surface area contributed by atoms with E-state index in [9.17, 15) is 9.59 Å². The van der Waals surface area contributed by atoms with Gasteiger partial charge in [0.15, 0.2) is 17.1 Å². The number of nitrogens with zero attached hydrogens (tertiary/aromatic N) is 6. The first-order chi connectivity index (χ1) is 23.9. The molecular weight excluding hydrogens is 608 g/mol. The SMILES string of the molecule is CC1(C)c2ccccc2-c2cc3c(=O)n(-c4cnc5nccnc5n4)c(=O)c4cc5c(cc4c3cc21)c1ccccc1n5-c1ccccc1. The number of aromatic nitrogens is 6. The van der Waals surface area contributed by atoms with Crippen LogP contribution in [0.5, 0.6) is 0 Å². The summed E-state index contributed by atoms with van der Waals surface area (Å²) >= 11 is 0. The second-order valence-electron chi connectivity index (χ2n) is 13.1. The quantitative estimate of drug-likeness (QED) is 0.194. The molecule has 0 spiro atoms. The predicted octanol–water partition coefficient (Wildman–Crippen LogP) is 7.64. The third kappa shape index (κ3) is 3.74. The van der Waals surface area contributed by atoms with Crippen LogP contribution in [0.4, 0.5) is 0 Å². The van der Waals surface area contributed by atoms with E-state index in [2.05, 4.69) is 92.9 Å². The van der Waals surface area contributed by atoms with Crippen LogP contribution < -0.4 is 11.1 Å². The van der Waals surface area contributed by atoms with Crippen molar-refractivity contribution in [3.63, 3.8) is 0 Å². The fourth-order valence-corrected chi connectivity index (χ4v) is 7.82. The largest absolute Gasteiger partial charge is 0.309 e. The van der Waals surface area contributed by atoms with E-state index in [0.29, 0.717) is 27.2 Å². The highest BCUT2D eigenvalue weighted by molar-refractivity contribution is 6.18. The van der Waals surface area contributed by atoms with Crippen LogP contribution in [-0.4, -0.2) is 29.1 Å². The van der Waals surface area contributed by atoms with Crippen molar-refractivity contribution in [2.24, 2.45) is 0 Å². The third-order valence-corrected chi connectivity index (χ3v) is 10.1. The average Bonchev–Trinajstić information content (AvgIpc) is 3.55. The molecule has 232 valence electrons. The van der Waals surface area contributed by atoms with Gasteiger partial charge in [-0.1, -0.05) is 74.5 Å². The van der Waals surface area contributed by atoms with E-state index < -0.39 is 11.1 Å². The molecule has 4 heterocycles. The minimum Gasteiger partial charge on any atom is -0.309 e. The second kappa shape index (κ2) is 9.74. The van der Waals surface area contributed by atoms with Gasteiger partial charge in [0.25, 0.3) is 11.1 Å². The Morgan fingerprint density at radius 1 is 0.531 bits per heavy atom. The predicted molar refractivity (Wildman–Crippen MR) is 194 cm³/mol. The Kier molecular flexibility index (Phi) is 5.48. The van der Waals surface area contributed by atoms with E-state index in [4.69, 9.17) is 0 Å². The summed E-state index contributed by atoms with van der Waals surface area (Å²) in [4.78, 5) is 47.4. The van der Waals surface area contributed by atoms with Gasteiger partial charge in [0.2, 0.25) is 0 Å². The van der Waals surface area contributed by atoms with Crippen LogP contribution in [0.2, 0.25) is 0 Å². The summed E-state index contributed by atoms with van der Waals surface area (Å²) in [6, 6.07) is 34.8. The molecule has 0 saturated heterocycles. The second-order valence-corrected chi connectivity index (χ2v) is 13.1. The van der Waals surface area contributed by atoms with Crippen molar-refractivity contribution in [3.05, 3.63) is 154 Å². The summed E-state index contributed by atoms with van der Waals surface area (Å²) < 4.78 is 3.32. The lowest BCUT2D eigenvalue weighted by Crippen LogP contribution is -2.29. The zero-order valence-corrected chi connectivity index (χ0v) is 26.5. The van der Waals surface area contributed by atoms with Crippen LogP contribution in [0, 0.1) is 0 Å². The average molecular weight is 635 g/mol.